The maximum absolute atomic E-state index is 11.1. The van der Waals surface area contributed by atoms with Crippen LogP contribution in [-0.4, -0.2) is 22.6 Å². The van der Waals surface area contributed by atoms with Gasteiger partial charge in [-0.2, -0.15) is 0 Å². The molecule has 0 bridgehead atoms. The average molecular weight is 269 g/mol. The number of ether oxygens (including phenoxy) is 1. The number of methoxy groups -OCH3 is 1. The Morgan fingerprint density at radius 3 is 3.13 bits per heavy atom. The first kappa shape index (κ1) is 10.2. The molecule has 1 aromatic carbocycles. The predicted molar refractivity (Wildman–Crippen MR) is 59.4 cm³/mol. The third-order valence-electron chi connectivity index (χ3n) is 2.12. The minimum Gasteiger partial charge on any atom is -0.468 e. The molecule has 0 aliphatic rings. The van der Waals surface area contributed by atoms with Crippen molar-refractivity contribution in [1.29, 1.82) is 0 Å². The van der Waals surface area contributed by atoms with Crippen molar-refractivity contribution < 1.29 is 9.53 Å². The van der Waals surface area contributed by atoms with Gasteiger partial charge in [-0.05, 0) is 28.1 Å². The van der Waals surface area contributed by atoms with Crippen molar-refractivity contribution in [2.24, 2.45) is 0 Å². The van der Waals surface area contributed by atoms with E-state index in [2.05, 4.69) is 25.7 Å². The van der Waals surface area contributed by atoms with Gasteiger partial charge in [0.25, 0.3) is 0 Å². The Kier molecular flexibility index (Phi) is 2.73. The summed E-state index contributed by atoms with van der Waals surface area (Å²) in [5.41, 5.74) is 1.76. The van der Waals surface area contributed by atoms with Gasteiger partial charge in [-0.3, -0.25) is 4.79 Å². The van der Waals surface area contributed by atoms with Crippen LogP contribution in [0.25, 0.3) is 11.0 Å². The second kappa shape index (κ2) is 4.02. The van der Waals surface area contributed by atoms with Gasteiger partial charge in [0.2, 0.25) is 0 Å². The number of hydrogen-bond donors (Lipinski definition) is 0. The smallest absolute Gasteiger partial charge is 0.325 e. The van der Waals surface area contributed by atoms with Crippen molar-refractivity contribution in [2.75, 3.05) is 7.11 Å². The maximum atomic E-state index is 11.1. The summed E-state index contributed by atoms with van der Waals surface area (Å²) in [5, 5.41) is 0. The van der Waals surface area contributed by atoms with Crippen LogP contribution >= 0.6 is 15.9 Å². The molecule has 2 aromatic rings. The average Bonchev–Trinajstić information content (AvgIpc) is 2.63. The first-order valence-electron chi connectivity index (χ1n) is 4.38. The van der Waals surface area contributed by atoms with Crippen LogP contribution in [0.4, 0.5) is 0 Å². The number of carbonyl (C=O) groups is 1. The Hall–Kier alpha value is -1.36. The first-order chi connectivity index (χ1) is 7.22. The van der Waals surface area contributed by atoms with Gasteiger partial charge in [-0.1, -0.05) is 6.07 Å². The minimum absolute atomic E-state index is 0.176. The molecule has 0 radical (unpaired) electrons. The van der Waals surface area contributed by atoms with E-state index in [1.54, 1.807) is 10.9 Å². The molecular formula is C10H9BrN2O2. The zero-order valence-corrected chi connectivity index (χ0v) is 9.69. The van der Waals surface area contributed by atoms with E-state index in [9.17, 15) is 4.79 Å². The molecule has 0 amide bonds. The standard InChI is InChI=1S/C10H9BrN2O2/c1-15-9(14)5-13-6-12-8-4-2-3-7(11)10(8)13/h2-4,6H,5H2,1H3. The molecule has 0 saturated heterocycles. The second-order valence-corrected chi connectivity index (χ2v) is 3.91. The lowest BCUT2D eigenvalue weighted by molar-refractivity contribution is -0.141. The van der Waals surface area contributed by atoms with E-state index in [1.165, 1.54) is 7.11 Å². The van der Waals surface area contributed by atoms with Gasteiger partial charge in [0.15, 0.2) is 0 Å². The lowest BCUT2D eigenvalue weighted by Gasteiger charge is -2.03. The molecule has 5 heteroatoms. The summed E-state index contributed by atoms with van der Waals surface area (Å²) < 4.78 is 7.28. The summed E-state index contributed by atoms with van der Waals surface area (Å²) >= 11 is 3.43. The van der Waals surface area contributed by atoms with Crippen LogP contribution in [0, 0.1) is 0 Å². The Balaban J connectivity index is 2.48. The summed E-state index contributed by atoms with van der Waals surface area (Å²) in [6, 6.07) is 5.72. The summed E-state index contributed by atoms with van der Waals surface area (Å²) in [4.78, 5) is 15.3. The van der Waals surface area contributed by atoms with E-state index < -0.39 is 0 Å². The lowest BCUT2D eigenvalue weighted by atomic mass is 10.3. The molecule has 0 saturated carbocycles. The third kappa shape index (κ3) is 1.87. The van der Waals surface area contributed by atoms with Crippen molar-refractivity contribution in [3.8, 4) is 0 Å². The molecule has 0 aliphatic heterocycles. The molecule has 0 unspecified atom stereocenters. The molecule has 0 fully saturated rings. The van der Waals surface area contributed by atoms with E-state index in [1.807, 2.05) is 18.2 Å². The summed E-state index contributed by atoms with van der Waals surface area (Å²) in [6.45, 7) is 0.176. The van der Waals surface area contributed by atoms with Crippen LogP contribution in [0.5, 0.6) is 0 Å². The highest BCUT2D eigenvalue weighted by Crippen LogP contribution is 2.22. The van der Waals surface area contributed by atoms with Crippen LogP contribution < -0.4 is 0 Å². The largest absolute Gasteiger partial charge is 0.468 e. The van der Waals surface area contributed by atoms with Gasteiger partial charge in [0, 0.05) is 4.47 Å². The van der Waals surface area contributed by atoms with Crippen molar-refractivity contribution in [3.05, 3.63) is 29.0 Å². The van der Waals surface area contributed by atoms with Crippen LogP contribution in [0.3, 0.4) is 0 Å². The Labute approximate surface area is 95.0 Å². The van der Waals surface area contributed by atoms with Crippen molar-refractivity contribution in [2.45, 2.75) is 6.54 Å². The number of nitrogens with zero attached hydrogens (tertiary/aromatic N) is 2. The zero-order chi connectivity index (χ0) is 10.8. The number of fused-ring (bicyclic) bond motifs is 1. The predicted octanol–water partition coefficient (Wildman–Crippen LogP) is 1.97. The molecule has 0 atom stereocenters. The molecule has 4 nitrogen and oxygen atoms in total. The van der Waals surface area contributed by atoms with Crippen LogP contribution in [0.1, 0.15) is 0 Å². The molecule has 1 aromatic heterocycles. The molecule has 15 heavy (non-hydrogen) atoms. The Bertz CT molecular complexity index is 507. The molecule has 78 valence electrons. The first-order valence-corrected chi connectivity index (χ1v) is 5.18. The quantitative estimate of drug-likeness (QED) is 0.783. The number of carbonyl (C=O) groups excluding carboxylic acids is 1. The van der Waals surface area contributed by atoms with Crippen molar-refractivity contribution in [3.63, 3.8) is 0 Å². The van der Waals surface area contributed by atoms with Gasteiger partial charge in [-0.15, -0.1) is 0 Å². The highest BCUT2D eigenvalue weighted by molar-refractivity contribution is 9.10. The number of esters is 1. The number of benzene rings is 1. The zero-order valence-electron chi connectivity index (χ0n) is 8.11. The minimum atomic E-state index is -0.287. The molecular weight excluding hydrogens is 260 g/mol. The summed E-state index contributed by atoms with van der Waals surface area (Å²) in [6.07, 6.45) is 1.63. The van der Waals surface area contributed by atoms with Gasteiger partial charge in [0.1, 0.15) is 6.54 Å². The Morgan fingerprint density at radius 1 is 1.60 bits per heavy atom. The number of aromatic nitrogens is 2. The van der Waals surface area contributed by atoms with E-state index in [4.69, 9.17) is 0 Å². The number of rotatable bonds is 2. The normalized spacial score (nSPS) is 10.5. The van der Waals surface area contributed by atoms with Crippen LogP contribution in [0.2, 0.25) is 0 Å². The number of hydrogen-bond acceptors (Lipinski definition) is 3. The third-order valence-corrected chi connectivity index (χ3v) is 2.76. The molecule has 0 spiro atoms. The maximum Gasteiger partial charge on any atom is 0.325 e. The van der Waals surface area contributed by atoms with E-state index in [-0.39, 0.29) is 12.5 Å². The molecule has 0 N–H and O–H groups in total. The fraction of sp³-hybridized carbons (Fsp3) is 0.200. The summed E-state index contributed by atoms with van der Waals surface area (Å²) in [5.74, 6) is -0.287. The monoisotopic (exact) mass is 268 g/mol. The highest BCUT2D eigenvalue weighted by Gasteiger charge is 2.09. The van der Waals surface area contributed by atoms with Crippen molar-refractivity contribution in [1.82, 2.24) is 9.55 Å². The van der Waals surface area contributed by atoms with Gasteiger partial charge < -0.3 is 9.30 Å². The highest BCUT2D eigenvalue weighted by atomic mass is 79.9. The summed E-state index contributed by atoms with van der Waals surface area (Å²) in [7, 11) is 1.37. The fourth-order valence-electron chi connectivity index (χ4n) is 1.41. The van der Waals surface area contributed by atoms with Gasteiger partial charge >= 0.3 is 5.97 Å². The number of para-hydroxylation sites is 1. The lowest BCUT2D eigenvalue weighted by Crippen LogP contribution is -2.10. The molecule has 0 aliphatic carbocycles. The van der Waals surface area contributed by atoms with E-state index in [0.717, 1.165) is 15.5 Å². The SMILES string of the molecule is COC(=O)Cn1cnc2cccc(Br)c21. The van der Waals surface area contributed by atoms with Crippen LogP contribution in [0.15, 0.2) is 29.0 Å². The second-order valence-electron chi connectivity index (χ2n) is 3.06. The molecule has 2 rings (SSSR count). The van der Waals surface area contributed by atoms with Gasteiger partial charge in [0.05, 0.1) is 24.5 Å². The van der Waals surface area contributed by atoms with Crippen LogP contribution in [-0.2, 0) is 16.1 Å². The number of imidazole rings is 1. The van der Waals surface area contributed by atoms with Crippen molar-refractivity contribution >= 4 is 32.9 Å². The van der Waals surface area contributed by atoms with E-state index in [0.29, 0.717) is 0 Å². The topological polar surface area (TPSA) is 44.1 Å². The van der Waals surface area contributed by atoms with E-state index >= 15 is 0 Å². The number of halogens is 1. The molecule has 1 heterocycles. The Morgan fingerprint density at radius 2 is 2.40 bits per heavy atom. The fourth-order valence-corrected chi connectivity index (χ4v) is 1.99. The van der Waals surface area contributed by atoms with Gasteiger partial charge in [-0.25, -0.2) is 4.98 Å².